The van der Waals surface area contributed by atoms with Gasteiger partial charge in [-0.15, -0.1) is 0 Å². The second-order valence-corrected chi connectivity index (χ2v) is 2.89. The zero-order valence-corrected chi connectivity index (χ0v) is 8.51. The highest BCUT2D eigenvalue weighted by atomic mass is 16.5. The van der Waals surface area contributed by atoms with Crippen molar-refractivity contribution >= 4 is 0 Å². The van der Waals surface area contributed by atoms with Gasteiger partial charge in [-0.25, -0.2) is 0 Å². The first kappa shape index (κ1) is 11.9. The molecule has 0 fully saturated rings. The summed E-state index contributed by atoms with van der Waals surface area (Å²) in [5, 5.41) is 0. The van der Waals surface area contributed by atoms with Gasteiger partial charge in [-0.1, -0.05) is 13.8 Å². The molecular formula is C10H21O2. The van der Waals surface area contributed by atoms with Crippen molar-refractivity contribution in [2.75, 3.05) is 13.2 Å². The van der Waals surface area contributed by atoms with Crippen LogP contribution in [-0.4, -0.2) is 19.3 Å². The third kappa shape index (κ3) is 8.02. The van der Waals surface area contributed by atoms with Crippen molar-refractivity contribution in [3.8, 4) is 0 Å². The minimum Gasteiger partial charge on any atom is -0.378 e. The fourth-order valence-electron chi connectivity index (χ4n) is 0.746. The quantitative estimate of drug-likeness (QED) is 0.525. The maximum absolute atomic E-state index is 5.48. The fraction of sp³-hybridized carbons (Fsp3) is 0.900. The Morgan fingerprint density at radius 3 is 2.58 bits per heavy atom. The van der Waals surface area contributed by atoms with Gasteiger partial charge in [0.1, 0.15) is 0 Å². The van der Waals surface area contributed by atoms with E-state index in [1.165, 1.54) is 0 Å². The van der Waals surface area contributed by atoms with E-state index < -0.39 is 0 Å². The first-order valence-electron chi connectivity index (χ1n) is 4.86. The van der Waals surface area contributed by atoms with Crippen molar-refractivity contribution < 1.29 is 9.47 Å². The van der Waals surface area contributed by atoms with E-state index in [-0.39, 0.29) is 0 Å². The molecule has 0 saturated carbocycles. The van der Waals surface area contributed by atoms with E-state index in [4.69, 9.17) is 9.47 Å². The summed E-state index contributed by atoms with van der Waals surface area (Å²) >= 11 is 0. The lowest BCUT2D eigenvalue weighted by Gasteiger charge is -2.09. The molecule has 1 unspecified atom stereocenters. The maximum Gasteiger partial charge on any atom is 0.0833 e. The summed E-state index contributed by atoms with van der Waals surface area (Å²) in [5.41, 5.74) is 0. The van der Waals surface area contributed by atoms with Crippen LogP contribution in [0.2, 0.25) is 0 Å². The molecule has 0 amide bonds. The average molecular weight is 173 g/mol. The molecule has 0 aliphatic heterocycles. The van der Waals surface area contributed by atoms with E-state index in [0.717, 1.165) is 32.5 Å². The average Bonchev–Trinajstić information content (AvgIpc) is 2.10. The van der Waals surface area contributed by atoms with E-state index >= 15 is 0 Å². The number of hydrogen-bond acceptors (Lipinski definition) is 2. The van der Waals surface area contributed by atoms with E-state index in [1.807, 2.05) is 6.61 Å². The second kappa shape index (κ2) is 9.01. The zero-order chi connectivity index (χ0) is 9.23. The van der Waals surface area contributed by atoms with Gasteiger partial charge in [0.25, 0.3) is 0 Å². The lowest BCUT2D eigenvalue weighted by atomic mass is 10.3. The maximum atomic E-state index is 5.48. The van der Waals surface area contributed by atoms with Crippen LogP contribution in [0, 0.1) is 6.61 Å². The second-order valence-electron chi connectivity index (χ2n) is 2.89. The summed E-state index contributed by atoms with van der Waals surface area (Å²) in [6.45, 7) is 9.72. The Balaban J connectivity index is 2.90. The Morgan fingerprint density at radius 2 is 2.00 bits per heavy atom. The van der Waals surface area contributed by atoms with Crippen LogP contribution in [0.15, 0.2) is 0 Å². The summed E-state index contributed by atoms with van der Waals surface area (Å²) in [6.07, 6.45) is 3.44. The Kier molecular flexibility index (Phi) is 8.95. The van der Waals surface area contributed by atoms with Crippen LogP contribution >= 0.6 is 0 Å². The first-order chi connectivity index (χ1) is 5.81. The topological polar surface area (TPSA) is 18.5 Å². The summed E-state index contributed by atoms with van der Waals surface area (Å²) in [7, 11) is 0. The minimum atomic E-state index is 0.389. The molecule has 0 heterocycles. The van der Waals surface area contributed by atoms with Crippen molar-refractivity contribution in [2.45, 2.75) is 46.1 Å². The van der Waals surface area contributed by atoms with Crippen molar-refractivity contribution in [3.63, 3.8) is 0 Å². The monoisotopic (exact) mass is 173 g/mol. The fourth-order valence-corrected chi connectivity index (χ4v) is 0.746. The van der Waals surface area contributed by atoms with Gasteiger partial charge < -0.3 is 9.47 Å². The van der Waals surface area contributed by atoms with Gasteiger partial charge in [0.2, 0.25) is 0 Å². The molecule has 0 rings (SSSR count). The molecule has 2 heteroatoms. The smallest absolute Gasteiger partial charge is 0.0833 e. The number of rotatable bonds is 8. The molecule has 0 aromatic rings. The normalized spacial score (nSPS) is 13.2. The molecule has 0 aromatic carbocycles. The third-order valence-corrected chi connectivity index (χ3v) is 1.67. The molecule has 0 spiro atoms. The summed E-state index contributed by atoms with van der Waals surface area (Å²) < 4.78 is 10.7. The van der Waals surface area contributed by atoms with E-state index in [2.05, 4.69) is 20.8 Å². The van der Waals surface area contributed by atoms with E-state index in [9.17, 15) is 0 Å². The molecule has 2 nitrogen and oxygen atoms in total. The number of hydrogen-bond donors (Lipinski definition) is 0. The number of ether oxygens (including phenoxy) is 2. The van der Waals surface area contributed by atoms with Crippen molar-refractivity contribution in [3.05, 3.63) is 6.61 Å². The summed E-state index contributed by atoms with van der Waals surface area (Å²) in [4.78, 5) is 0. The third-order valence-electron chi connectivity index (χ3n) is 1.67. The van der Waals surface area contributed by atoms with Gasteiger partial charge >= 0.3 is 0 Å². The molecule has 0 aliphatic rings. The highest BCUT2D eigenvalue weighted by molar-refractivity contribution is 4.47. The molecule has 1 radical (unpaired) electrons. The minimum absolute atomic E-state index is 0.389. The van der Waals surface area contributed by atoms with E-state index in [1.54, 1.807) is 0 Å². The van der Waals surface area contributed by atoms with E-state index in [0.29, 0.717) is 6.10 Å². The Hall–Kier alpha value is -0.0800. The van der Waals surface area contributed by atoms with Gasteiger partial charge in [0.05, 0.1) is 12.7 Å². The summed E-state index contributed by atoms with van der Waals surface area (Å²) in [6, 6.07) is 0. The lowest BCUT2D eigenvalue weighted by Crippen LogP contribution is -2.08. The standard InChI is InChI=1S/C10H21O2/c1-4-7-11-8-6-9-12-10(3)5-2/h7,10H,4-6,8-9H2,1-3H3. The van der Waals surface area contributed by atoms with Crippen LogP contribution in [0.5, 0.6) is 0 Å². The first-order valence-corrected chi connectivity index (χ1v) is 4.86. The van der Waals surface area contributed by atoms with Crippen LogP contribution in [0.3, 0.4) is 0 Å². The predicted octanol–water partition coefficient (Wildman–Crippen LogP) is 2.78. The molecule has 0 aromatic heterocycles. The van der Waals surface area contributed by atoms with Crippen LogP contribution < -0.4 is 0 Å². The molecule has 0 N–H and O–H groups in total. The van der Waals surface area contributed by atoms with Crippen molar-refractivity contribution in [1.82, 2.24) is 0 Å². The summed E-state index contributed by atoms with van der Waals surface area (Å²) in [5.74, 6) is 0. The largest absolute Gasteiger partial charge is 0.378 e. The molecule has 0 bridgehead atoms. The molecule has 73 valence electrons. The Morgan fingerprint density at radius 1 is 1.25 bits per heavy atom. The van der Waals surface area contributed by atoms with Crippen LogP contribution in [0.1, 0.15) is 40.0 Å². The van der Waals surface area contributed by atoms with Gasteiger partial charge in [0, 0.05) is 13.2 Å². The van der Waals surface area contributed by atoms with Crippen molar-refractivity contribution in [2.24, 2.45) is 0 Å². The predicted molar refractivity (Wildman–Crippen MR) is 50.9 cm³/mol. The van der Waals surface area contributed by atoms with Crippen LogP contribution in [0.4, 0.5) is 0 Å². The molecule has 0 saturated heterocycles. The van der Waals surface area contributed by atoms with Crippen LogP contribution in [-0.2, 0) is 9.47 Å². The Bertz CT molecular complexity index is 83.9. The molecule has 12 heavy (non-hydrogen) atoms. The molecule has 1 atom stereocenters. The SMILES string of the molecule is CC[CH]OCCCOC(C)CC. The van der Waals surface area contributed by atoms with Gasteiger partial charge in [-0.2, -0.15) is 0 Å². The highest BCUT2D eigenvalue weighted by Gasteiger charge is 1.96. The van der Waals surface area contributed by atoms with Gasteiger partial charge in [0.15, 0.2) is 0 Å². The molecular weight excluding hydrogens is 152 g/mol. The highest BCUT2D eigenvalue weighted by Crippen LogP contribution is 1.97. The van der Waals surface area contributed by atoms with Crippen LogP contribution in [0.25, 0.3) is 0 Å². The van der Waals surface area contributed by atoms with Gasteiger partial charge in [-0.3, -0.25) is 0 Å². The zero-order valence-electron chi connectivity index (χ0n) is 8.51. The van der Waals surface area contributed by atoms with Crippen molar-refractivity contribution in [1.29, 1.82) is 0 Å². The Labute approximate surface area is 76.3 Å². The lowest BCUT2D eigenvalue weighted by molar-refractivity contribution is 0.0485. The molecule has 0 aliphatic carbocycles. The van der Waals surface area contributed by atoms with Gasteiger partial charge in [-0.05, 0) is 26.2 Å².